The quantitative estimate of drug-likeness (QED) is 0.549. The Bertz CT molecular complexity index is 122. The van der Waals surface area contributed by atoms with Gasteiger partial charge >= 0.3 is 0 Å². The van der Waals surface area contributed by atoms with Gasteiger partial charge in [0.1, 0.15) is 0 Å². The molecule has 0 aromatic heterocycles. The third-order valence-corrected chi connectivity index (χ3v) is 2.82. The van der Waals surface area contributed by atoms with Gasteiger partial charge in [-0.05, 0) is 18.8 Å². The number of rotatable bonds is 0. The molecular weight excluding hydrogens is 128 g/mol. The van der Waals surface area contributed by atoms with Crippen LogP contribution in [0.3, 0.4) is 0 Å². The number of fused-ring (bicyclic) bond motifs is 1. The van der Waals surface area contributed by atoms with E-state index < -0.39 is 6.29 Å². The molecule has 0 amide bonds. The van der Waals surface area contributed by atoms with Crippen molar-refractivity contribution in [2.75, 3.05) is 6.61 Å². The molecule has 1 N–H and O–H groups in total. The minimum Gasteiger partial charge on any atom is -0.368 e. The van der Waals surface area contributed by atoms with Crippen molar-refractivity contribution in [2.45, 2.75) is 32.0 Å². The maximum Gasteiger partial charge on any atom is 0.157 e. The summed E-state index contributed by atoms with van der Waals surface area (Å²) in [6.07, 6.45) is 4.61. The summed E-state index contributed by atoms with van der Waals surface area (Å²) in [7, 11) is 0. The first-order valence-electron chi connectivity index (χ1n) is 4.17. The number of aliphatic hydroxyl groups excluding tert-OH is 1. The highest BCUT2D eigenvalue weighted by atomic mass is 16.6. The van der Waals surface area contributed by atoms with Gasteiger partial charge in [-0.1, -0.05) is 12.8 Å². The SMILES string of the molecule is O[C@H]1OC[C@H]2CCCCC21. The van der Waals surface area contributed by atoms with Gasteiger partial charge in [0, 0.05) is 5.92 Å². The van der Waals surface area contributed by atoms with Crippen LogP contribution in [-0.4, -0.2) is 18.0 Å². The van der Waals surface area contributed by atoms with Crippen LogP contribution in [0.15, 0.2) is 0 Å². The Morgan fingerprint density at radius 2 is 2.00 bits per heavy atom. The Morgan fingerprint density at radius 3 is 2.80 bits per heavy atom. The molecule has 0 aromatic carbocycles. The van der Waals surface area contributed by atoms with Crippen molar-refractivity contribution < 1.29 is 9.84 Å². The summed E-state index contributed by atoms with van der Waals surface area (Å²) in [6, 6.07) is 0. The monoisotopic (exact) mass is 142 g/mol. The average Bonchev–Trinajstić information content (AvgIpc) is 2.34. The summed E-state index contributed by atoms with van der Waals surface area (Å²) in [5.74, 6) is 1.14. The molecule has 1 heterocycles. The molecule has 10 heavy (non-hydrogen) atoms. The largest absolute Gasteiger partial charge is 0.368 e. The molecule has 0 radical (unpaired) electrons. The van der Waals surface area contributed by atoms with Gasteiger partial charge in [0.15, 0.2) is 6.29 Å². The first-order valence-corrected chi connectivity index (χ1v) is 4.17. The van der Waals surface area contributed by atoms with Crippen LogP contribution in [0.2, 0.25) is 0 Å². The minimum atomic E-state index is -0.440. The van der Waals surface area contributed by atoms with Crippen LogP contribution >= 0.6 is 0 Å². The molecule has 1 unspecified atom stereocenters. The van der Waals surface area contributed by atoms with Gasteiger partial charge in [0.2, 0.25) is 0 Å². The van der Waals surface area contributed by atoms with Gasteiger partial charge in [-0.25, -0.2) is 0 Å². The first kappa shape index (κ1) is 6.62. The van der Waals surface area contributed by atoms with E-state index in [2.05, 4.69) is 0 Å². The van der Waals surface area contributed by atoms with E-state index in [1.54, 1.807) is 0 Å². The van der Waals surface area contributed by atoms with E-state index in [1.165, 1.54) is 25.7 Å². The maximum atomic E-state index is 9.30. The molecule has 2 nitrogen and oxygen atoms in total. The fraction of sp³-hybridized carbons (Fsp3) is 1.00. The van der Waals surface area contributed by atoms with Crippen LogP contribution in [0.5, 0.6) is 0 Å². The van der Waals surface area contributed by atoms with E-state index in [4.69, 9.17) is 4.74 Å². The summed E-state index contributed by atoms with van der Waals surface area (Å²) >= 11 is 0. The van der Waals surface area contributed by atoms with E-state index in [9.17, 15) is 5.11 Å². The van der Waals surface area contributed by atoms with E-state index in [-0.39, 0.29) is 0 Å². The van der Waals surface area contributed by atoms with Gasteiger partial charge in [-0.15, -0.1) is 0 Å². The number of aliphatic hydroxyl groups is 1. The molecule has 0 spiro atoms. The Balaban J connectivity index is 2.01. The minimum absolute atomic E-state index is 0.440. The summed E-state index contributed by atoms with van der Waals surface area (Å²) in [6.45, 7) is 0.797. The molecule has 2 heteroatoms. The van der Waals surface area contributed by atoms with Crippen molar-refractivity contribution in [1.82, 2.24) is 0 Å². The second-order valence-electron chi connectivity index (χ2n) is 3.43. The van der Waals surface area contributed by atoms with Gasteiger partial charge in [-0.2, -0.15) is 0 Å². The number of ether oxygens (including phenoxy) is 1. The van der Waals surface area contributed by atoms with Gasteiger partial charge in [0.25, 0.3) is 0 Å². The van der Waals surface area contributed by atoms with Crippen LogP contribution in [0.1, 0.15) is 25.7 Å². The molecule has 3 atom stereocenters. The molecule has 0 bridgehead atoms. The first-order chi connectivity index (χ1) is 4.88. The van der Waals surface area contributed by atoms with Crippen LogP contribution < -0.4 is 0 Å². The standard InChI is InChI=1S/C8H14O2/c9-8-7-4-2-1-3-6(7)5-10-8/h6-9H,1-5H2/t6-,7?,8+/m1/s1. The van der Waals surface area contributed by atoms with Crippen molar-refractivity contribution in [3.8, 4) is 0 Å². The zero-order valence-corrected chi connectivity index (χ0v) is 6.12. The number of hydrogen-bond donors (Lipinski definition) is 1. The smallest absolute Gasteiger partial charge is 0.157 e. The summed E-state index contributed by atoms with van der Waals surface area (Å²) in [4.78, 5) is 0. The molecule has 1 aliphatic heterocycles. The normalized spacial score (nSPS) is 47.1. The second-order valence-corrected chi connectivity index (χ2v) is 3.43. The maximum absolute atomic E-state index is 9.30. The molecule has 1 saturated carbocycles. The lowest BCUT2D eigenvalue weighted by Gasteiger charge is -2.24. The Kier molecular flexibility index (Phi) is 1.66. The molecule has 2 rings (SSSR count). The van der Waals surface area contributed by atoms with Crippen LogP contribution in [0.25, 0.3) is 0 Å². The van der Waals surface area contributed by atoms with Crippen molar-refractivity contribution >= 4 is 0 Å². The van der Waals surface area contributed by atoms with Crippen LogP contribution in [0.4, 0.5) is 0 Å². The van der Waals surface area contributed by atoms with Crippen LogP contribution in [0, 0.1) is 11.8 Å². The second kappa shape index (κ2) is 2.51. The molecule has 58 valence electrons. The highest BCUT2D eigenvalue weighted by Crippen LogP contribution is 2.37. The number of hydrogen-bond acceptors (Lipinski definition) is 2. The van der Waals surface area contributed by atoms with Crippen molar-refractivity contribution in [3.05, 3.63) is 0 Å². The highest BCUT2D eigenvalue weighted by molar-refractivity contribution is 4.81. The Labute approximate surface area is 61.2 Å². The van der Waals surface area contributed by atoms with Crippen molar-refractivity contribution in [2.24, 2.45) is 11.8 Å². The van der Waals surface area contributed by atoms with Crippen LogP contribution in [-0.2, 0) is 4.74 Å². The van der Waals surface area contributed by atoms with Crippen molar-refractivity contribution in [3.63, 3.8) is 0 Å². The molecular formula is C8H14O2. The topological polar surface area (TPSA) is 29.5 Å². The lowest BCUT2D eigenvalue weighted by molar-refractivity contribution is -0.0844. The molecule has 1 saturated heterocycles. The molecule has 2 fully saturated rings. The van der Waals surface area contributed by atoms with Gasteiger partial charge < -0.3 is 9.84 Å². The summed E-state index contributed by atoms with van der Waals surface area (Å²) in [5, 5.41) is 9.30. The lowest BCUT2D eigenvalue weighted by Crippen LogP contribution is -2.22. The highest BCUT2D eigenvalue weighted by Gasteiger charge is 2.37. The van der Waals surface area contributed by atoms with E-state index >= 15 is 0 Å². The summed E-state index contributed by atoms with van der Waals surface area (Å²) in [5.41, 5.74) is 0. The fourth-order valence-corrected chi connectivity index (χ4v) is 2.16. The Hall–Kier alpha value is -0.0800. The molecule has 0 aromatic rings. The summed E-state index contributed by atoms with van der Waals surface area (Å²) < 4.78 is 5.16. The average molecular weight is 142 g/mol. The Morgan fingerprint density at radius 1 is 1.20 bits per heavy atom. The third-order valence-electron chi connectivity index (χ3n) is 2.82. The van der Waals surface area contributed by atoms with Gasteiger partial charge in [0.05, 0.1) is 6.61 Å². The zero-order chi connectivity index (χ0) is 6.97. The molecule has 1 aliphatic carbocycles. The lowest BCUT2D eigenvalue weighted by atomic mass is 9.81. The third kappa shape index (κ3) is 0.956. The van der Waals surface area contributed by atoms with Crippen molar-refractivity contribution in [1.29, 1.82) is 0 Å². The van der Waals surface area contributed by atoms with E-state index in [1.807, 2.05) is 0 Å². The fourth-order valence-electron chi connectivity index (χ4n) is 2.16. The van der Waals surface area contributed by atoms with E-state index in [0.717, 1.165) is 6.61 Å². The predicted octanol–water partition coefficient (Wildman–Crippen LogP) is 1.14. The predicted molar refractivity (Wildman–Crippen MR) is 37.4 cm³/mol. The van der Waals surface area contributed by atoms with E-state index in [0.29, 0.717) is 11.8 Å². The zero-order valence-electron chi connectivity index (χ0n) is 6.12. The molecule has 2 aliphatic rings. The van der Waals surface area contributed by atoms with Gasteiger partial charge in [-0.3, -0.25) is 0 Å².